The molecular weight excluding hydrogens is 320 g/mol. The van der Waals surface area contributed by atoms with Crippen molar-refractivity contribution in [2.45, 2.75) is 0 Å². The molecule has 0 atom stereocenters. The predicted molar refractivity (Wildman–Crippen MR) is 106 cm³/mol. The van der Waals surface area contributed by atoms with Crippen molar-refractivity contribution in [3.8, 4) is 0 Å². The van der Waals surface area contributed by atoms with Crippen molar-refractivity contribution in [3.05, 3.63) is 88.1 Å². The smallest absolute Gasteiger partial charge is 0.207 e. The van der Waals surface area contributed by atoms with E-state index in [1.165, 1.54) is 5.56 Å². The van der Waals surface area contributed by atoms with Crippen LogP contribution in [0.5, 0.6) is 0 Å². The van der Waals surface area contributed by atoms with Gasteiger partial charge in [0.15, 0.2) is 0 Å². The quantitative estimate of drug-likeness (QED) is 0.712. The van der Waals surface area contributed by atoms with Crippen molar-refractivity contribution >= 4 is 29.7 Å². The largest absolute Gasteiger partial charge is 0.355 e. The Morgan fingerprint density at radius 1 is 0.962 bits per heavy atom. The van der Waals surface area contributed by atoms with E-state index in [1.54, 1.807) is 0 Å². The van der Waals surface area contributed by atoms with E-state index < -0.39 is 0 Å². The van der Waals surface area contributed by atoms with E-state index in [-0.39, 0.29) is 0 Å². The number of nitrogens with one attached hydrogen (secondary N) is 1. The summed E-state index contributed by atoms with van der Waals surface area (Å²) in [6.07, 6.45) is 19.1. The van der Waals surface area contributed by atoms with Crippen LogP contribution in [0.15, 0.2) is 71.2 Å². The molecule has 1 N–H and O–H groups in total. The molecular formula is C22H19N4+. The summed E-state index contributed by atoms with van der Waals surface area (Å²) in [5.74, 6) is 0. The highest BCUT2D eigenvalue weighted by Crippen LogP contribution is 2.18. The number of aliphatic imine (C=N–C) groups is 1. The minimum atomic E-state index is 0.972. The molecule has 5 heterocycles. The van der Waals surface area contributed by atoms with Gasteiger partial charge >= 0.3 is 0 Å². The van der Waals surface area contributed by atoms with Gasteiger partial charge in [-0.2, -0.15) is 4.58 Å². The second-order valence-electron chi connectivity index (χ2n) is 6.79. The summed E-state index contributed by atoms with van der Waals surface area (Å²) in [4.78, 5) is 8.21. The lowest BCUT2D eigenvalue weighted by molar-refractivity contribution is -0.432. The Balaban J connectivity index is 1.76. The SMILES string of the molecule is Cn1cc2cc1C=C1C=CC(=N1)C=C1C=CC(=[N+]1C)C=c1ccc([nH]1)=C2. The molecule has 4 nitrogen and oxygen atoms in total. The summed E-state index contributed by atoms with van der Waals surface area (Å²) in [6, 6.07) is 6.40. The fourth-order valence-corrected chi connectivity index (χ4v) is 3.46. The number of H-pyrrole nitrogens is 1. The lowest BCUT2D eigenvalue weighted by Crippen LogP contribution is -2.14. The average molecular weight is 339 g/mol. The summed E-state index contributed by atoms with van der Waals surface area (Å²) in [7, 11) is 4.14. The third-order valence-corrected chi connectivity index (χ3v) is 4.90. The van der Waals surface area contributed by atoms with Crippen molar-refractivity contribution in [1.29, 1.82) is 0 Å². The Labute approximate surface area is 151 Å². The lowest BCUT2D eigenvalue weighted by Gasteiger charge is -1.96. The average Bonchev–Trinajstić information content (AvgIpc) is 3.36. The molecule has 8 bridgehead atoms. The number of fused-ring (bicyclic) bond motifs is 6. The van der Waals surface area contributed by atoms with Gasteiger partial charge in [0.1, 0.15) is 7.05 Å². The van der Waals surface area contributed by atoms with E-state index in [4.69, 9.17) is 4.99 Å². The first kappa shape index (κ1) is 14.9. The van der Waals surface area contributed by atoms with Crippen LogP contribution in [0.1, 0.15) is 11.3 Å². The minimum Gasteiger partial charge on any atom is -0.355 e. The third kappa shape index (κ3) is 2.56. The van der Waals surface area contributed by atoms with Gasteiger partial charge in [0, 0.05) is 53.9 Å². The monoisotopic (exact) mass is 339 g/mol. The number of aromatic amines is 1. The fourth-order valence-electron chi connectivity index (χ4n) is 3.46. The second-order valence-corrected chi connectivity index (χ2v) is 6.79. The first-order valence-corrected chi connectivity index (χ1v) is 8.68. The van der Waals surface area contributed by atoms with Gasteiger partial charge in [-0.15, -0.1) is 0 Å². The maximum atomic E-state index is 4.74. The van der Waals surface area contributed by atoms with Gasteiger partial charge in [-0.25, -0.2) is 4.99 Å². The molecule has 0 spiro atoms. The molecule has 0 radical (unpaired) electrons. The highest BCUT2D eigenvalue weighted by atomic mass is 15.0. The number of nitrogens with zero attached hydrogens (tertiary/aromatic N) is 3. The van der Waals surface area contributed by atoms with E-state index in [0.717, 1.165) is 39.2 Å². The van der Waals surface area contributed by atoms with Crippen LogP contribution in [-0.2, 0) is 7.05 Å². The van der Waals surface area contributed by atoms with Crippen LogP contribution < -0.4 is 10.7 Å². The number of rotatable bonds is 0. The zero-order chi connectivity index (χ0) is 17.7. The lowest BCUT2D eigenvalue weighted by atomic mass is 10.2. The van der Waals surface area contributed by atoms with Crippen molar-refractivity contribution < 1.29 is 4.58 Å². The highest BCUT2D eigenvalue weighted by Gasteiger charge is 2.18. The van der Waals surface area contributed by atoms with Gasteiger partial charge in [0.25, 0.3) is 0 Å². The Morgan fingerprint density at radius 3 is 2.69 bits per heavy atom. The van der Waals surface area contributed by atoms with Crippen LogP contribution in [0.3, 0.4) is 0 Å². The van der Waals surface area contributed by atoms with Gasteiger partial charge in [0.05, 0.1) is 11.4 Å². The minimum absolute atomic E-state index is 0.972. The zero-order valence-corrected chi connectivity index (χ0v) is 14.8. The van der Waals surface area contributed by atoms with Crippen molar-refractivity contribution in [3.63, 3.8) is 0 Å². The van der Waals surface area contributed by atoms with Crippen LogP contribution in [0.25, 0.3) is 18.2 Å². The Hall–Kier alpha value is -3.40. The van der Waals surface area contributed by atoms with Crippen LogP contribution in [0, 0.1) is 0 Å². The Morgan fingerprint density at radius 2 is 1.81 bits per heavy atom. The van der Waals surface area contributed by atoms with Crippen molar-refractivity contribution in [2.75, 3.05) is 7.05 Å². The molecule has 0 unspecified atom stereocenters. The maximum absolute atomic E-state index is 4.74. The van der Waals surface area contributed by atoms with Crippen LogP contribution >= 0.6 is 0 Å². The van der Waals surface area contributed by atoms with Crippen LogP contribution in [0.2, 0.25) is 0 Å². The highest BCUT2D eigenvalue weighted by molar-refractivity contribution is 6.16. The number of hydrogen-bond acceptors (Lipinski definition) is 1. The van der Waals surface area contributed by atoms with Gasteiger partial charge in [-0.1, -0.05) is 0 Å². The number of hydrogen-bond donors (Lipinski definition) is 1. The van der Waals surface area contributed by atoms with Gasteiger partial charge in [-0.05, 0) is 48.1 Å². The molecule has 0 amide bonds. The molecule has 5 rings (SSSR count). The third-order valence-electron chi connectivity index (χ3n) is 4.90. The second kappa shape index (κ2) is 5.56. The molecule has 0 aromatic carbocycles. The molecule has 3 aliphatic rings. The molecule has 26 heavy (non-hydrogen) atoms. The summed E-state index contributed by atoms with van der Waals surface area (Å²) in [5, 5.41) is 2.18. The molecule has 0 aliphatic carbocycles. The number of likely N-dealkylation sites (N-methyl/N-ethyl adjacent to an activating group) is 1. The van der Waals surface area contributed by atoms with Crippen molar-refractivity contribution in [2.24, 2.45) is 12.0 Å². The normalized spacial score (nSPS) is 17.7. The zero-order valence-electron chi connectivity index (χ0n) is 14.8. The van der Waals surface area contributed by atoms with Crippen LogP contribution in [0.4, 0.5) is 0 Å². The topological polar surface area (TPSA) is 36.1 Å². The predicted octanol–water partition coefficient (Wildman–Crippen LogP) is 1.86. The molecule has 0 saturated heterocycles. The molecule has 3 aliphatic heterocycles. The number of allylic oxidation sites excluding steroid dienone is 5. The van der Waals surface area contributed by atoms with Gasteiger partial charge in [0.2, 0.25) is 11.4 Å². The van der Waals surface area contributed by atoms with E-state index in [9.17, 15) is 0 Å². The maximum Gasteiger partial charge on any atom is 0.207 e. The molecule has 4 heteroatoms. The molecule has 0 saturated carbocycles. The van der Waals surface area contributed by atoms with E-state index in [1.807, 2.05) is 0 Å². The molecule has 2 aromatic heterocycles. The van der Waals surface area contributed by atoms with E-state index in [2.05, 4.69) is 101 Å². The first-order chi connectivity index (χ1) is 12.6. The Kier molecular flexibility index (Phi) is 3.19. The fraction of sp³-hybridized carbons (Fsp3) is 0.0909. The Bertz CT molecular complexity index is 1230. The van der Waals surface area contributed by atoms with Crippen molar-refractivity contribution in [1.82, 2.24) is 9.55 Å². The number of aromatic nitrogens is 2. The van der Waals surface area contributed by atoms with E-state index >= 15 is 0 Å². The van der Waals surface area contributed by atoms with E-state index in [0.29, 0.717) is 0 Å². The standard InChI is InChI=1S/C22H18N4/c1-25-14-15-9-16-3-4-17(23-16)11-20-7-8-21(26(20)2)12-18-5-6-19(24-18)13-22(25)10-15/h3-14H,1-2H3/p+1. The van der Waals surface area contributed by atoms with Crippen LogP contribution in [-0.4, -0.2) is 32.6 Å². The summed E-state index contributed by atoms with van der Waals surface area (Å²) in [6.45, 7) is 0. The molecule has 126 valence electrons. The summed E-state index contributed by atoms with van der Waals surface area (Å²) in [5.41, 5.74) is 6.52. The first-order valence-electron chi connectivity index (χ1n) is 8.68. The molecule has 2 aromatic rings. The van der Waals surface area contributed by atoms with Gasteiger partial charge in [-0.3, -0.25) is 0 Å². The molecule has 0 fully saturated rings. The summed E-state index contributed by atoms with van der Waals surface area (Å²) < 4.78 is 4.30. The number of aryl methyl sites for hydroxylation is 1. The summed E-state index contributed by atoms with van der Waals surface area (Å²) >= 11 is 0. The van der Waals surface area contributed by atoms with Gasteiger partial charge < -0.3 is 9.55 Å².